The molecule has 3 heterocycles. The number of pyridine rings is 2. The molecule has 1 aromatic carbocycles. The smallest absolute Gasteiger partial charge is 0.248 e. The van der Waals surface area contributed by atoms with Crippen molar-refractivity contribution in [2.75, 3.05) is 5.32 Å². The fraction of sp³-hybridized carbons (Fsp3) is 0.185. The van der Waals surface area contributed by atoms with Crippen LogP contribution in [0.3, 0.4) is 0 Å². The Labute approximate surface area is 192 Å². The van der Waals surface area contributed by atoms with Crippen molar-refractivity contribution < 1.29 is 4.79 Å². The second-order valence-electron chi connectivity index (χ2n) is 8.42. The Morgan fingerprint density at radius 3 is 2.61 bits per heavy atom. The third-order valence-corrected chi connectivity index (χ3v) is 6.15. The number of rotatable bonds is 4. The summed E-state index contributed by atoms with van der Waals surface area (Å²) in [6, 6.07) is 16.5. The van der Waals surface area contributed by atoms with Crippen molar-refractivity contribution in [3.05, 3.63) is 94.6 Å². The number of carbonyl (C=O) groups excluding carboxylic acids is 1. The van der Waals surface area contributed by atoms with Crippen molar-refractivity contribution in [2.24, 2.45) is 0 Å². The third kappa shape index (κ3) is 3.79. The van der Waals surface area contributed by atoms with Crippen LogP contribution >= 0.6 is 0 Å². The van der Waals surface area contributed by atoms with E-state index in [-0.39, 0.29) is 11.9 Å². The van der Waals surface area contributed by atoms with Gasteiger partial charge in [-0.2, -0.15) is 5.26 Å². The second kappa shape index (κ2) is 8.36. The third-order valence-electron chi connectivity index (χ3n) is 6.15. The Balaban J connectivity index is 1.61. The summed E-state index contributed by atoms with van der Waals surface area (Å²) in [4.78, 5) is 21.5. The lowest BCUT2D eigenvalue weighted by Crippen LogP contribution is -2.12. The highest BCUT2D eigenvalue weighted by Gasteiger charge is 2.28. The number of nitrogens with one attached hydrogen (secondary N) is 1. The average Bonchev–Trinajstić information content (AvgIpc) is 3.36. The predicted octanol–water partition coefficient (Wildman–Crippen LogP) is 4.91. The van der Waals surface area contributed by atoms with E-state index in [2.05, 4.69) is 45.2 Å². The zero-order valence-corrected chi connectivity index (χ0v) is 18.5. The Bertz CT molecular complexity index is 1420. The minimum atomic E-state index is -0.278. The first-order valence-electron chi connectivity index (χ1n) is 10.9. The Hall–Kier alpha value is -4.24. The van der Waals surface area contributed by atoms with Crippen LogP contribution in [-0.4, -0.2) is 20.4 Å². The molecule has 0 saturated heterocycles. The second-order valence-corrected chi connectivity index (χ2v) is 8.42. The molecule has 5 rings (SSSR count). The quantitative estimate of drug-likeness (QED) is 0.464. The number of nitrogens with zero attached hydrogens (tertiary/aromatic N) is 4. The van der Waals surface area contributed by atoms with Crippen LogP contribution in [0.5, 0.6) is 0 Å². The molecule has 1 aliphatic carbocycles. The van der Waals surface area contributed by atoms with Gasteiger partial charge < -0.3 is 9.88 Å². The largest absolute Gasteiger partial charge is 0.321 e. The highest BCUT2D eigenvalue weighted by Crippen LogP contribution is 2.37. The summed E-state index contributed by atoms with van der Waals surface area (Å²) < 4.78 is 2.15. The van der Waals surface area contributed by atoms with Gasteiger partial charge in [0.15, 0.2) is 0 Å². The minimum Gasteiger partial charge on any atom is -0.321 e. The van der Waals surface area contributed by atoms with Gasteiger partial charge in [0, 0.05) is 29.4 Å². The van der Waals surface area contributed by atoms with Crippen molar-refractivity contribution in [1.29, 1.82) is 5.26 Å². The van der Waals surface area contributed by atoms with Crippen molar-refractivity contribution in [3.63, 3.8) is 0 Å². The van der Waals surface area contributed by atoms with Crippen LogP contribution in [0, 0.1) is 25.2 Å². The lowest BCUT2D eigenvalue weighted by Gasteiger charge is -2.16. The first-order valence-corrected chi connectivity index (χ1v) is 10.9. The molecular formula is C27H23N5O. The van der Waals surface area contributed by atoms with Gasteiger partial charge in [0.05, 0.1) is 23.1 Å². The summed E-state index contributed by atoms with van der Waals surface area (Å²) in [6.45, 7) is 3.98. The van der Waals surface area contributed by atoms with Crippen LogP contribution in [-0.2, 0) is 17.6 Å². The van der Waals surface area contributed by atoms with Gasteiger partial charge >= 0.3 is 0 Å². The summed E-state index contributed by atoms with van der Waals surface area (Å²) in [6.07, 6.45) is 8.19. The molecule has 33 heavy (non-hydrogen) atoms. The van der Waals surface area contributed by atoms with Crippen molar-refractivity contribution in [2.45, 2.75) is 32.7 Å². The van der Waals surface area contributed by atoms with E-state index in [4.69, 9.17) is 4.98 Å². The molecule has 0 fully saturated rings. The lowest BCUT2D eigenvalue weighted by atomic mass is 10.1. The molecule has 0 saturated carbocycles. The minimum absolute atomic E-state index is 0.127. The van der Waals surface area contributed by atoms with E-state index < -0.39 is 0 Å². The van der Waals surface area contributed by atoms with Crippen LogP contribution < -0.4 is 5.32 Å². The Morgan fingerprint density at radius 1 is 1.18 bits per heavy atom. The zero-order valence-electron chi connectivity index (χ0n) is 18.5. The maximum Gasteiger partial charge on any atom is 0.248 e. The van der Waals surface area contributed by atoms with E-state index in [1.54, 1.807) is 30.6 Å². The topological polar surface area (TPSA) is 83.6 Å². The molecule has 0 bridgehead atoms. The SMILES string of the molecule is Cc1cc(C)c2c(C#N)c(/C=C/C(=O)Nc3cccnc3)n(C3Cc4ccccc4C3)c2n1. The van der Waals surface area contributed by atoms with E-state index in [9.17, 15) is 10.1 Å². The first-order chi connectivity index (χ1) is 16.0. The molecule has 6 heteroatoms. The molecule has 4 aromatic rings. The summed E-state index contributed by atoms with van der Waals surface area (Å²) in [7, 11) is 0. The number of carbonyl (C=O) groups is 1. The number of nitriles is 1. The number of aromatic nitrogens is 3. The van der Waals surface area contributed by atoms with E-state index >= 15 is 0 Å². The number of hydrogen-bond donors (Lipinski definition) is 1. The summed E-state index contributed by atoms with van der Waals surface area (Å²) in [5.41, 5.74) is 7.24. The van der Waals surface area contributed by atoms with E-state index in [0.717, 1.165) is 35.1 Å². The summed E-state index contributed by atoms with van der Waals surface area (Å²) in [5.74, 6) is -0.278. The van der Waals surface area contributed by atoms with Crippen LogP contribution in [0.1, 0.15) is 39.7 Å². The van der Waals surface area contributed by atoms with Gasteiger partial charge in [-0.25, -0.2) is 4.98 Å². The summed E-state index contributed by atoms with van der Waals surface area (Å²) in [5, 5.41) is 13.8. The molecule has 1 N–H and O–H groups in total. The van der Waals surface area contributed by atoms with E-state index in [1.807, 2.05) is 19.9 Å². The van der Waals surface area contributed by atoms with Gasteiger partial charge in [0.25, 0.3) is 0 Å². The van der Waals surface area contributed by atoms with Crippen molar-refractivity contribution in [1.82, 2.24) is 14.5 Å². The monoisotopic (exact) mass is 433 g/mol. The normalized spacial score (nSPS) is 13.4. The standard InChI is InChI=1S/C27H23N5O/c1-17-12-18(2)30-27-26(17)23(15-28)24(9-10-25(33)31-21-8-5-11-29-16-21)32(27)22-13-19-6-3-4-7-20(19)14-22/h3-12,16,22H,13-14H2,1-2H3,(H,31,33)/b10-9+. The van der Waals surface area contributed by atoms with Gasteiger partial charge in [-0.15, -0.1) is 0 Å². The summed E-state index contributed by atoms with van der Waals surface area (Å²) >= 11 is 0. The van der Waals surface area contributed by atoms with Gasteiger partial charge in [0.2, 0.25) is 5.91 Å². The van der Waals surface area contributed by atoms with Crippen molar-refractivity contribution >= 4 is 28.7 Å². The molecule has 162 valence electrons. The highest BCUT2D eigenvalue weighted by molar-refractivity contribution is 6.02. The maximum absolute atomic E-state index is 12.6. The molecule has 0 spiro atoms. The lowest BCUT2D eigenvalue weighted by molar-refractivity contribution is -0.111. The molecule has 1 amide bonds. The van der Waals surface area contributed by atoms with Gasteiger partial charge in [-0.05, 0) is 67.7 Å². The van der Waals surface area contributed by atoms with Crippen LogP contribution in [0.4, 0.5) is 5.69 Å². The number of hydrogen-bond acceptors (Lipinski definition) is 4. The number of fused-ring (bicyclic) bond motifs is 2. The molecular weight excluding hydrogens is 410 g/mol. The Kier molecular flexibility index (Phi) is 5.23. The molecule has 0 aliphatic heterocycles. The number of benzene rings is 1. The zero-order chi connectivity index (χ0) is 22.9. The van der Waals surface area contributed by atoms with Gasteiger partial charge in [-0.1, -0.05) is 24.3 Å². The molecule has 0 atom stereocenters. The number of amides is 1. The van der Waals surface area contributed by atoms with Gasteiger partial charge in [0.1, 0.15) is 11.7 Å². The highest BCUT2D eigenvalue weighted by atomic mass is 16.1. The van der Waals surface area contributed by atoms with E-state index in [0.29, 0.717) is 16.9 Å². The molecule has 0 unspecified atom stereocenters. The Morgan fingerprint density at radius 2 is 1.94 bits per heavy atom. The first kappa shape index (κ1) is 20.7. The van der Waals surface area contributed by atoms with Crippen LogP contribution in [0.2, 0.25) is 0 Å². The molecule has 0 radical (unpaired) electrons. The fourth-order valence-electron chi connectivity index (χ4n) is 4.80. The van der Waals surface area contributed by atoms with Crippen molar-refractivity contribution in [3.8, 4) is 6.07 Å². The van der Waals surface area contributed by atoms with E-state index in [1.165, 1.54) is 17.2 Å². The molecule has 1 aliphatic rings. The van der Waals surface area contributed by atoms with Gasteiger partial charge in [-0.3, -0.25) is 9.78 Å². The molecule has 3 aromatic heterocycles. The fourth-order valence-corrected chi connectivity index (χ4v) is 4.80. The molecule has 6 nitrogen and oxygen atoms in total. The average molecular weight is 434 g/mol. The maximum atomic E-state index is 12.6. The van der Waals surface area contributed by atoms with Crippen LogP contribution in [0.15, 0.2) is 60.9 Å². The number of aryl methyl sites for hydroxylation is 2. The number of anilines is 1. The predicted molar refractivity (Wildman–Crippen MR) is 129 cm³/mol. The van der Waals surface area contributed by atoms with Crippen LogP contribution in [0.25, 0.3) is 17.1 Å².